The van der Waals surface area contributed by atoms with Crippen molar-refractivity contribution in [3.8, 4) is 0 Å². The summed E-state index contributed by atoms with van der Waals surface area (Å²) in [4.78, 5) is 22.5. The Balaban J connectivity index is 2.10. The molecule has 0 radical (unpaired) electrons. The van der Waals surface area contributed by atoms with Crippen molar-refractivity contribution in [1.82, 2.24) is 5.32 Å². The van der Waals surface area contributed by atoms with Crippen LogP contribution in [-0.2, 0) is 16.0 Å². The quantitative estimate of drug-likeness (QED) is 0.842. The van der Waals surface area contributed by atoms with E-state index in [-0.39, 0.29) is 6.04 Å². The summed E-state index contributed by atoms with van der Waals surface area (Å²) in [5, 5.41) is 11.6. The van der Waals surface area contributed by atoms with Crippen molar-refractivity contribution in [2.45, 2.75) is 25.8 Å². The van der Waals surface area contributed by atoms with Crippen molar-refractivity contribution in [2.75, 3.05) is 0 Å². The fourth-order valence-electron chi connectivity index (χ4n) is 2.14. The Labute approximate surface area is 114 Å². The second-order valence-corrected chi connectivity index (χ2v) is 5.42. The van der Waals surface area contributed by atoms with E-state index >= 15 is 0 Å². The average molecular weight is 312 g/mol. The van der Waals surface area contributed by atoms with Gasteiger partial charge in [-0.15, -0.1) is 0 Å². The number of nitrogens with one attached hydrogen (secondary N) is 1. The number of carboxylic acid groups (broad SMARTS) is 1. The first-order valence-electron chi connectivity index (χ1n) is 5.80. The number of carbonyl (C=O) groups is 2. The summed E-state index contributed by atoms with van der Waals surface area (Å²) in [5.74, 6) is -2.53. The van der Waals surface area contributed by atoms with Crippen molar-refractivity contribution in [1.29, 1.82) is 0 Å². The molecule has 96 valence electrons. The lowest BCUT2D eigenvalue weighted by atomic mass is 10.1. The van der Waals surface area contributed by atoms with Gasteiger partial charge in [0.05, 0.1) is 6.04 Å². The van der Waals surface area contributed by atoms with Crippen LogP contribution in [0.2, 0.25) is 0 Å². The van der Waals surface area contributed by atoms with E-state index < -0.39 is 17.8 Å². The second-order valence-electron chi connectivity index (χ2n) is 4.50. The number of aliphatic carboxylic acids is 1. The number of carboxylic acids is 1. The fourth-order valence-corrected chi connectivity index (χ4v) is 2.55. The van der Waals surface area contributed by atoms with Crippen molar-refractivity contribution < 1.29 is 14.7 Å². The molecular formula is C13H14BrNO3. The summed E-state index contributed by atoms with van der Waals surface area (Å²) in [6.45, 7) is 1.40. The molecule has 0 aliphatic heterocycles. The van der Waals surface area contributed by atoms with Crippen molar-refractivity contribution in [2.24, 2.45) is 5.92 Å². The zero-order valence-electron chi connectivity index (χ0n) is 9.94. The molecule has 2 atom stereocenters. The molecule has 4 nitrogen and oxygen atoms in total. The average Bonchev–Trinajstić information content (AvgIpc) is 2.70. The van der Waals surface area contributed by atoms with Crippen LogP contribution in [-0.4, -0.2) is 17.0 Å². The van der Waals surface area contributed by atoms with Gasteiger partial charge in [-0.1, -0.05) is 22.0 Å². The molecule has 0 saturated carbocycles. The maximum Gasteiger partial charge on any atom is 0.315 e. The first kappa shape index (κ1) is 13.1. The number of benzene rings is 1. The van der Waals surface area contributed by atoms with Crippen LogP contribution in [0, 0.1) is 5.92 Å². The molecule has 1 aromatic rings. The van der Waals surface area contributed by atoms with E-state index in [9.17, 15) is 9.59 Å². The minimum absolute atomic E-state index is 0.0672. The Morgan fingerprint density at radius 3 is 2.89 bits per heavy atom. The highest BCUT2D eigenvalue weighted by Gasteiger charge is 2.27. The number of rotatable bonds is 3. The lowest BCUT2D eigenvalue weighted by molar-refractivity contribution is -0.146. The van der Waals surface area contributed by atoms with Gasteiger partial charge in [0.1, 0.15) is 5.92 Å². The first-order valence-corrected chi connectivity index (χ1v) is 6.60. The predicted octanol–water partition coefficient (Wildman–Crippen LogP) is 2.27. The SMILES string of the molecule is CC(C(=O)O)C(=O)NC1CCc2cc(Br)ccc21. The Morgan fingerprint density at radius 2 is 2.22 bits per heavy atom. The van der Waals surface area contributed by atoms with E-state index in [1.807, 2.05) is 18.2 Å². The van der Waals surface area contributed by atoms with Crippen LogP contribution in [0.25, 0.3) is 0 Å². The number of carbonyl (C=O) groups excluding carboxylic acids is 1. The van der Waals surface area contributed by atoms with E-state index in [1.54, 1.807) is 0 Å². The molecule has 0 fully saturated rings. The van der Waals surface area contributed by atoms with E-state index in [4.69, 9.17) is 5.11 Å². The Morgan fingerprint density at radius 1 is 1.50 bits per heavy atom. The molecule has 5 heteroatoms. The topological polar surface area (TPSA) is 66.4 Å². The normalized spacial score (nSPS) is 19.1. The van der Waals surface area contributed by atoms with Crippen molar-refractivity contribution in [3.63, 3.8) is 0 Å². The maximum atomic E-state index is 11.7. The van der Waals surface area contributed by atoms with Gasteiger partial charge >= 0.3 is 5.97 Å². The molecular weight excluding hydrogens is 298 g/mol. The zero-order valence-corrected chi connectivity index (χ0v) is 11.5. The highest BCUT2D eigenvalue weighted by molar-refractivity contribution is 9.10. The van der Waals surface area contributed by atoms with Crippen LogP contribution in [0.1, 0.15) is 30.5 Å². The predicted molar refractivity (Wildman–Crippen MR) is 70.1 cm³/mol. The summed E-state index contributed by atoms with van der Waals surface area (Å²) in [5.41, 5.74) is 2.29. The summed E-state index contributed by atoms with van der Waals surface area (Å²) in [6, 6.07) is 5.89. The van der Waals surface area contributed by atoms with Crippen LogP contribution in [0.4, 0.5) is 0 Å². The van der Waals surface area contributed by atoms with E-state index in [0.717, 1.165) is 22.9 Å². The molecule has 1 aliphatic carbocycles. The summed E-state index contributed by atoms with van der Waals surface area (Å²) in [6.07, 6.45) is 1.73. The van der Waals surface area contributed by atoms with Crippen LogP contribution in [0.3, 0.4) is 0 Å². The van der Waals surface area contributed by atoms with Crippen LogP contribution in [0.15, 0.2) is 22.7 Å². The molecule has 1 amide bonds. The third kappa shape index (κ3) is 2.56. The number of fused-ring (bicyclic) bond motifs is 1. The lowest BCUT2D eigenvalue weighted by Gasteiger charge is -2.16. The molecule has 0 saturated heterocycles. The molecule has 2 N–H and O–H groups in total. The standard InChI is InChI=1S/C13H14BrNO3/c1-7(13(17)18)12(16)15-11-5-2-8-6-9(14)3-4-10(8)11/h3-4,6-7,11H,2,5H2,1H3,(H,15,16)(H,17,18). The Hall–Kier alpha value is -1.36. The smallest absolute Gasteiger partial charge is 0.315 e. The van der Waals surface area contributed by atoms with Crippen molar-refractivity contribution in [3.05, 3.63) is 33.8 Å². The van der Waals surface area contributed by atoms with Crippen LogP contribution in [0.5, 0.6) is 0 Å². The highest BCUT2D eigenvalue weighted by atomic mass is 79.9. The molecule has 18 heavy (non-hydrogen) atoms. The van der Waals surface area contributed by atoms with E-state index in [2.05, 4.69) is 21.2 Å². The van der Waals surface area contributed by atoms with Gasteiger partial charge in [0.25, 0.3) is 0 Å². The molecule has 2 rings (SSSR count). The van der Waals surface area contributed by atoms with Crippen LogP contribution >= 0.6 is 15.9 Å². The molecule has 0 aromatic heterocycles. The Bertz CT molecular complexity index is 501. The molecule has 2 unspecified atom stereocenters. The van der Waals surface area contributed by atoms with Gasteiger partial charge in [0.15, 0.2) is 0 Å². The minimum Gasteiger partial charge on any atom is -0.481 e. The molecule has 0 bridgehead atoms. The maximum absolute atomic E-state index is 11.7. The van der Waals surface area contributed by atoms with Gasteiger partial charge < -0.3 is 10.4 Å². The Kier molecular flexibility index (Phi) is 3.71. The number of hydrogen-bond donors (Lipinski definition) is 2. The van der Waals surface area contributed by atoms with Gasteiger partial charge in [-0.05, 0) is 43.0 Å². The zero-order chi connectivity index (χ0) is 13.3. The van der Waals surface area contributed by atoms with Gasteiger partial charge in [-0.2, -0.15) is 0 Å². The molecule has 1 aliphatic rings. The number of halogens is 1. The largest absolute Gasteiger partial charge is 0.481 e. The number of aryl methyl sites for hydroxylation is 1. The highest BCUT2D eigenvalue weighted by Crippen LogP contribution is 2.33. The third-order valence-corrected chi connectivity index (χ3v) is 3.76. The monoisotopic (exact) mass is 311 g/mol. The fraction of sp³-hybridized carbons (Fsp3) is 0.385. The number of amides is 1. The third-order valence-electron chi connectivity index (χ3n) is 3.26. The van der Waals surface area contributed by atoms with Gasteiger partial charge in [-0.25, -0.2) is 0 Å². The van der Waals surface area contributed by atoms with Crippen LogP contribution < -0.4 is 5.32 Å². The summed E-state index contributed by atoms with van der Waals surface area (Å²) in [7, 11) is 0. The van der Waals surface area contributed by atoms with E-state index in [1.165, 1.54) is 12.5 Å². The summed E-state index contributed by atoms with van der Waals surface area (Å²) >= 11 is 3.41. The van der Waals surface area contributed by atoms with Crippen molar-refractivity contribution >= 4 is 27.8 Å². The van der Waals surface area contributed by atoms with Gasteiger partial charge in [0, 0.05) is 4.47 Å². The van der Waals surface area contributed by atoms with Gasteiger partial charge in [0.2, 0.25) is 5.91 Å². The first-order chi connectivity index (χ1) is 8.49. The molecule has 0 heterocycles. The van der Waals surface area contributed by atoms with E-state index in [0.29, 0.717) is 0 Å². The minimum atomic E-state index is -1.10. The molecule has 0 spiro atoms. The second kappa shape index (κ2) is 5.10. The summed E-state index contributed by atoms with van der Waals surface area (Å²) < 4.78 is 1.02. The molecule has 1 aromatic carbocycles. The van der Waals surface area contributed by atoms with Gasteiger partial charge in [-0.3, -0.25) is 9.59 Å². The number of hydrogen-bond acceptors (Lipinski definition) is 2. The lowest BCUT2D eigenvalue weighted by Crippen LogP contribution is -2.35.